The van der Waals surface area contributed by atoms with Gasteiger partial charge in [-0.15, -0.1) is 0 Å². The average Bonchev–Trinajstić information content (AvgIpc) is 2.96. The van der Waals surface area contributed by atoms with Gasteiger partial charge in [-0.05, 0) is 24.6 Å². The van der Waals surface area contributed by atoms with Gasteiger partial charge in [-0.25, -0.2) is 9.97 Å². The number of ether oxygens (including phenoxy) is 1. The number of rotatable bonds is 2. The standard InChI is InChI=1S/C19H21FN4O2/c20-16-11-15(4-7-21-16)18(25)24-9-10-26-14-19(13-24)5-8-23(12-19)17-3-1-2-6-22-17/h1-4,6-7,11H,5,8-10,12-14H2/t19-/m0/s1. The molecule has 0 saturated carbocycles. The van der Waals surface area contributed by atoms with Gasteiger partial charge in [-0.3, -0.25) is 4.79 Å². The number of hydrogen-bond donors (Lipinski definition) is 0. The molecule has 2 aromatic heterocycles. The molecule has 7 heteroatoms. The molecule has 0 aliphatic carbocycles. The van der Waals surface area contributed by atoms with E-state index in [2.05, 4.69) is 14.9 Å². The second-order valence-corrected chi connectivity index (χ2v) is 7.01. The Kier molecular flexibility index (Phi) is 4.55. The number of carbonyl (C=O) groups is 1. The molecule has 4 heterocycles. The van der Waals surface area contributed by atoms with Crippen molar-refractivity contribution in [3.05, 3.63) is 54.2 Å². The third-order valence-electron chi connectivity index (χ3n) is 5.11. The van der Waals surface area contributed by atoms with E-state index in [0.717, 1.165) is 25.3 Å². The lowest BCUT2D eigenvalue weighted by atomic mass is 9.87. The van der Waals surface area contributed by atoms with Crippen LogP contribution in [0.15, 0.2) is 42.7 Å². The van der Waals surface area contributed by atoms with Crippen LogP contribution in [0.2, 0.25) is 0 Å². The van der Waals surface area contributed by atoms with Gasteiger partial charge < -0.3 is 14.5 Å². The highest BCUT2D eigenvalue weighted by atomic mass is 19.1. The molecule has 0 unspecified atom stereocenters. The summed E-state index contributed by atoms with van der Waals surface area (Å²) < 4.78 is 19.2. The predicted molar refractivity (Wildman–Crippen MR) is 94.4 cm³/mol. The van der Waals surface area contributed by atoms with E-state index >= 15 is 0 Å². The molecule has 2 saturated heterocycles. The van der Waals surface area contributed by atoms with Gasteiger partial charge in [0.15, 0.2) is 0 Å². The number of nitrogens with zero attached hydrogens (tertiary/aromatic N) is 4. The molecule has 2 aromatic rings. The van der Waals surface area contributed by atoms with Crippen LogP contribution in [0.3, 0.4) is 0 Å². The van der Waals surface area contributed by atoms with Crippen molar-refractivity contribution < 1.29 is 13.9 Å². The van der Waals surface area contributed by atoms with E-state index in [0.29, 0.717) is 31.9 Å². The van der Waals surface area contributed by atoms with E-state index in [9.17, 15) is 9.18 Å². The van der Waals surface area contributed by atoms with Gasteiger partial charge in [0, 0.05) is 55.6 Å². The van der Waals surface area contributed by atoms with E-state index in [1.54, 1.807) is 17.2 Å². The quantitative estimate of drug-likeness (QED) is 0.770. The van der Waals surface area contributed by atoms with Gasteiger partial charge in [-0.1, -0.05) is 6.07 Å². The minimum atomic E-state index is -0.640. The largest absolute Gasteiger partial charge is 0.379 e. The molecule has 2 fully saturated rings. The van der Waals surface area contributed by atoms with Crippen molar-refractivity contribution in [3.63, 3.8) is 0 Å². The van der Waals surface area contributed by atoms with Crippen molar-refractivity contribution in [2.75, 3.05) is 44.3 Å². The van der Waals surface area contributed by atoms with Gasteiger partial charge >= 0.3 is 0 Å². The maximum Gasteiger partial charge on any atom is 0.254 e. The molecule has 4 rings (SSSR count). The van der Waals surface area contributed by atoms with Gasteiger partial charge in [-0.2, -0.15) is 4.39 Å². The first-order chi connectivity index (χ1) is 12.7. The lowest BCUT2D eigenvalue weighted by molar-refractivity contribution is 0.0690. The van der Waals surface area contributed by atoms with Crippen LogP contribution in [-0.2, 0) is 4.74 Å². The molecule has 2 aliphatic heterocycles. The Morgan fingerprint density at radius 1 is 1.15 bits per heavy atom. The van der Waals surface area contributed by atoms with Crippen LogP contribution in [0.4, 0.5) is 10.2 Å². The molecule has 26 heavy (non-hydrogen) atoms. The molecule has 1 amide bonds. The van der Waals surface area contributed by atoms with Crippen LogP contribution in [0.25, 0.3) is 0 Å². The first-order valence-electron chi connectivity index (χ1n) is 8.80. The van der Waals surface area contributed by atoms with Gasteiger partial charge in [0.05, 0.1) is 13.2 Å². The van der Waals surface area contributed by atoms with Crippen molar-refractivity contribution in [3.8, 4) is 0 Å². The predicted octanol–water partition coefficient (Wildman–Crippen LogP) is 1.98. The Hall–Kier alpha value is -2.54. The third-order valence-corrected chi connectivity index (χ3v) is 5.11. The molecular formula is C19H21FN4O2. The molecule has 0 radical (unpaired) electrons. The molecular weight excluding hydrogens is 335 g/mol. The molecule has 1 spiro atoms. The minimum Gasteiger partial charge on any atom is -0.379 e. The van der Waals surface area contributed by atoms with Gasteiger partial charge in [0.1, 0.15) is 5.82 Å². The number of carbonyl (C=O) groups excluding carboxylic acids is 1. The van der Waals surface area contributed by atoms with Crippen LogP contribution in [0.1, 0.15) is 16.8 Å². The average molecular weight is 356 g/mol. The van der Waals surface area contributed by atoms with Crippen LogP contribution >= 0.6 is 0 Å². The van der Waals surface area contributed by atoms with E-state index < -0.39 is 5.95 Å². The summed E-state index contributed by atoms with van der Waals surface area (Å²) >= 11 is 0. The summed E-state index contributed by atoms with van der Waals surface area (Å²) in [5.74, 6) is 0.133. The van der Waals surface area contributed by atoms with Crippen molar-refractivity contribution in [1.82, 2.24) is 14.9 Å². The number of anilines is 1. The second-order valence-electron chi connectivity index (χ2n) is 7.01. The lowest BCUT2D eigenvalue weighted by Gasteiger charge is -2.32. The summed E-state index contributed by atoms with van der Waals surface area (Å²) in [6.45, 7) is 3.88. The Bertz CT molecular complexity index is 788. The summed E-state index contributed by atoms with van der Waals surface area (Å²) in [4.78, 5) is 24.8. The number of amides is 1. The highest BCUT2D eigenvalue weighted by Crippen LogP contribution is 2.35. The van der Waals surface area contributed by atoms with Crippen LogP contribution in [0.5, 0.6) is 0 Å². The van der Waals surface area contributed by atoms with E-state index in [-0.39, 0.29) is 11.3 Å². The maximum absolute atomic E-state index is 13.4. The molecule has 1 atom stereocenters. The SMILES string of the molecule is O=C(c1ccnc(F)c1)N1CCOC[C@]2(CCN(c3ccccn3)C2)C1. The van der Waals surface area contributed by atoms with Crippen LogP contribution in [-0.4, -0.2) is 60.2 Å². The fourth-order valence-corrected chi connectivity index (χ4v) is 3.80. The summed E-state index contributed by atoms with van der Waals surface area (Å²) in [7, 11) is 0. The molecule has 6 nitrogen and oxygen atoms in total. The zero-order valence-corrected chi connectivity index (χ0v) is 14.5. The highest BCUT2D eigenvalue weighted by Gasteiger charge is 2.42. The van der Waals surface area contributed by atoms with Gasteiger partial charge in [0.25, 0.3) is 5.91 Å². The first-order valence-corrected chi connectivity index (χ1v) is 8.80. The first kappa shape index (κ1) is 16.9. The minimum absolute atomic E-state index is 0.130. The Morgan fingerprint density at radius 2 is 2.08 bits per heavy atom. The summed E-state index contributed by atoms with van der Waals surface area (Å²) in [5.41, 5.74) is 0.198. The van der Waals surface area contributed by atoms with Crippen LogP contribution in [0, 0.1) is 11.4 Å². The van der Waals surface area contributed by atoms with Crippen molar-refractivity contribution in [2.45, 2.75) is 6.42 Å². The van der Waals surface area contributed by atoms with Crippen molar-refractivity contribution in [2.24, 2.45) is 5.41 Å². The number of hydrogen-bond acceptors (Lipinski definition) is 5. The van der Waals surface area contributed by atoms with Gasteiger partial charge in [0.2, 0.25) is 5.95 Å². The molecule has 0 bridgehead atoms. The normalized spacial score (nSPS) is 23.3. The molecule has 0 aromatic carbocycles. The Labute approximate surface area is 151 Å². The Balaban J connectivity index is 1.52. The maximum atomic E-state index is 13.4. The lowest BCUT2D eigenvalue weighted by Crippen LogP contribution is -2.43. The van der Waals surface area contributed by atoms with Crippen molar-refractivity contribution >= 4 is 11.7 Å². The van der Waals surface area contributed by atoms with E-state index in [1.807, 2.05) is 18.2 Å². The van der Waals surface area contributed by atoms with Crippen molar-refractivity contribution in [1.29, 1.82) is 0 Å². The molecule has 136 valence electrons. The number of halogens is 1. The zero-order chi connectivity index (χ0) is 18.0. The topological polar surface area (TPSA) is 58.6 Å². The monoisotopic (exact) mass is 356 g/mol. The summed E-state index contributed by atoms with van der Waals surface area (Å²) in [6.07, 6.45) is 4.04. The molecule has 0 N–H and O–H groups in total. The zero-order valence-electron chi connectivity index (χ0n) is 14.5. The fourth-order valence-electron chi connectivity index (χ4n) is 3.80. The number of pyridine rings is 2. The van der Waals surface area contributed by atoms with E-state index in [4.69, 9.17) is 4.74 Å². The highest BCUT2D eigenvalue weighted by molar-refractivity contribution is 5.94. The third kappa shape index (κ3) is 3.39. The summed E-state index contributed by atoms with van der Waals surface area (Å²) in [6, 6.07) is 8.62. The number of aromatic nitrogens is 2. The Morgan fingerprint density at radius 3 is 2.88 bits per heavy atom. The fraction of sp³-hybridized carbons (Fsp3) is 0.421. The smallest absolute Gasteiger partial charge is 0.254 e. The second kappa shape index (κ2) is 6.99. The molecule has 2 aliphatic rings. The summed E-state index contributed by atoms with van der Waals surface area (Å²) in [5, 5.41) is 0. The van der Waals surface area contributed by atoms with Crippen LogP contribution < -0.4 is 4.90 Å². The van der Waals surface area contributed by atoms with E-state index in [1.165, 1.54) is 12.3 Å².